The molecule has 0 radical (unpaired) electrons. The van der Waals surface area contributed by atoms with Crippen LogP contribution in [-0.2, 0) is 0 Å². The molecule has 8 heteroatoms. The number of carbonyl (C=O) groups excluding carboxylic acids is 1. The number of hydrogen-bond donors (Lipinski definition) is 2. The van der Waals surface area contributed by atoms with Crippen LogP contribution in [0.2, 0.25) is 0 Å². The Labute approximate surface area is 159 Å². The first-order chi connectivity index (χ1) is 13.3. The summed E-state index contributed by atoms with van der Waals surface area (Å²) < 4.78 is 7.55. The van der Waals surface area contributed by atoms with Gasteiger partial charge in [0.1, 0.15) is 5.75 Å². The van der Waals surface area contributed by atoms with Gasteiger partial charge in [-0.05, 0) is 60.0 Å². The summed E-state index contributed by atoms with van der Waals surface area (Å²) in [5.41, 5.74) is 0.658. The van der Waals surface area contributed by atoms with Gasteiger partial charge in [0.05, 0.1) is 5.00 Å². The number of carbonyl (C=O) groups is 1. The number of amides is 2. The van der Waals surface area contributed by atoms with E-state index in [2.05, 4.69) is 20.8 Å². The summed E-state index contributed by atoms with van der Waals surface area (Å²) in [5.74, 6) is 1.70. The number of hydrogen-bond acceptors (Lipinski definition) is 5. The molecule has 3 aromatic heterocycles. The molecule has 0 aliphatic rings. The monoisotopic (exact) mass is 377 g/mol. The summed E-state index contributed by atoms with van der Waals surface area (Å²) in [7, 11) is 0. The van der Waals surface area contributed by atoms with Crippen molar-refractivity contribution in [1.29, 1.82) is 0 Å². The highest BCUT2D eigenvalue weighted by Gasteiger charge is 2.05. The van der Waals surface area contributed by atoms with Gasteiger partial charge in [0.15, 0.2) is 5.82 Å². The van der Waals surface area contributed by atoms with Crippen LogP contribution in [0.25, 0.3) is 5.82 Å². The zero-order chi connectivity index (χ0) is 18.5. The molecule has 0 saturated heterocycles. The number of aromatic nitrogens is 3. The maximum atomic E-state index is 11.9. The number of rotatable bonds is 5. The number of benzene rings is 1. The molecule has 0 aliphatic carbocycles. The Morgan fingerprint density at radius 2 is 1.74 bits per heavy atom. The van der Waals surface area contributed by atoms with Crippen LogP contribution in [0.15, 0.2) is 78.4 Å². The largest absolute Gasteiger partial charge is 0.438 e. The van der Waals surface area contributed by atoms with Crippen molar-refractivity contribution in [3.63, 3.8) is 0 Å². The number of anilines is 2. The number of urea groups is 1. The second kappa shape index (κ2) is 7.71. The lowest BCUT2D eigenvalue weighted by molar-refractivity contribution is 0.262. The van der Waals surface area contributed by atoms with Crippen molar-refractivity contribution in [1.82, 2.24) is 14.8 Å². The molecule has 7 nitrogen and oxygen atoms in total. The molecule has 0 atom stereocenters. The quantitative estimate of drug-likeness (QED) is 0.525. The SMILES string of the molecule is O=C(Nc1ccc(Oc2ccc(-n3cccc3)nn2)cc1)Nc1cccs1. The summed E-state index contributed by atoms with van der Waals surface area (Å²) in [5, 5.41) is 16.4. The molecule has 0 bridgehead atoms. The van der Waals surface area contributed by atoms with Crippen molar-refractivity contribution in [3.8, 4) is 17.4 Å². The van der Waals surface area contributed by atoms with E-state index >= 15 is 0 Å². The molecular formula is C19H15N5O2S. The maximum absolute atomic E-state index is 11.9. The van der Waals surface area contributed by atoms with Crippen LogP contribution < -0.4 is 15.4 Å². The summed E-state index contributed by atoms with van der Waals surface area (Å²) >= 11 is 1.46. The van der Waals surface area contributed by atoms with Crippen LogP contribution in [0, 0.1) is 0 Å². The van der Waals surface area contributed by atoms with Crippen molar-refractivity contribution in [2.24, 2.45) is 0 Å². The number of ether oxygens (including phenoxy) is 1. The molecule has 2 N–H and O–H groups in total. The topological polar surface area (TPSA) is 81.1 Å². The minimum atomic E-state index is -0.294. The molecule has 3 heterocycles. The highest BCUT2D eigenvalue weighted by Crippen LogP contribution is 2.22. The van der Waals surface area contributed by atoms with E-state index in [9.17, 15) is 4.79 Å². The van der Waals surface area contributed by atoms with Crippen LogP contribution in [0.5, 0.6) is 11.6 Å². The molecule has 4 aromatic rings. The first-order valence-electron chi connectivity index (χ1n) is 8.13. The molecule has 0 aliphatic heterocycles. The predicted molar refractivity (Wildman–Crippen MR) is 105 cm³/mol. The average Bonchev–Trinajstić information content (AvgIpc) is 3.38. The van der Waals surface area contributed by atoms with Gasteiger partial charge in [0.2, 0.25) is 5.88 Å². The van der Waals surface area contributed by atoms with Gasteiger partial charge in [-0.3, -0.25) is 5.32 Å². The van der Waals surface area contributed by atoms with Crippen LogP contribution in [-0.4, -0.2) is 20.8 Å². The van der Waals surface area contributed by atoms with E-state index in [4.69, 9.17) is 4.74 Å². The van der Waals surface area contributed by atoms with Gasteiger partial charge in [-0.1, -0.05) is 0 Å². The van der Waals surface area contributed by atoms with Gasteiger partial charge < -0.3 is 14.6 Å². The fraction of sp³-hybridized carbons (Fsp3) is 0. The Balaban J connectivity index is 1.35. The van der Waals surface area contributed by atoms with Crippen molar-refractivity contribution in [3.05, 3.63) is 78.4 Å². The summed E-state index contributed by atoms with van der Waals surface area (Å²) in [4.78, 5) is 11.9. The molecule has 4 rings (SSSR count). The predicted octanol–water partition coefficient (Wildman–Crippen LogP) is 4.77. The van der Waals surface area contributed by atoms with Crippen molar-refractivity contribution in [2.45, 2.75) is 0 Å². The Hall–Kier alpha value is -3.65. The summed E-state index contributed by atoms with van der Waals surface area (Å²) in [6.07, 6.45) is 3.79. The van der Waals surface area contributed by atoms with E-state index in [1.807, 2.05) is 52.7 Å². The van der Waals surface area contributed by atoms with E-state index in [1.54, 1.807) is 30.3 Å². The molecule has 0 saturated carbocycles. The normalized spacial score (nSPS) is 10.4. The van der Waals surface area contributed by atoms with Gasteiger partial charge >= 0.3 is 6.03 Å². The Morgan fingerprint density at radius 1 is 0.926 bits per heavy atom. The second-order valence-electron chi connectivity index (χ2n) is 5.50. The smallest absolute Gasteiger partial charge is 0.324 e. The van der Waals surface area contributed by atoms with Crippen LogP contribution in [0.4, 0.5) is 15.5 Å². The number of nitrogens with zero attached hydrogens (tertiary/aromatic N) is 3. The Bertz CT molecular complexity index is 997. The fourth-order valence-electron chi connectivity index (χ4n) is 2.34. The lowest BCUT2D eigenvalue weighted by Crippen LogP contribution is -2.18. The average molecular weight is 377 g/mol. The third-order valence-corrected chi connectivity index (χ3v) is 4.37. The first kappa shape index (κ1) is 16.8. The molecule has 1 aromatic carbocycles. The van der Waals surface area contributed by atoms with Crippen LogP contribution >= 0.6 is 11.3 Å². The van der Waals surface area contributed by atoms with Crippen molar-refractivity contribution < 1.29 is 9.53 Å². The minimum Gasteiger partial charge on any atom is -0.438 e. The van der Waals surface area contributed by atoms with Gasteiger partial charge in [-0.2, -0.15) is 0 Å². The lowest BCUT2D eigenvalue weighted by Gasteiger charge is -2.08. The molecule has 2 amide bonds. The second-order valence-corrected chi connectivity index (χ2v) is 6.45. The highest BCUT2D eigenvalue weighted by molar-refractivity contribution is 7.14. The fourth-order valence-corrected chi connectivity index (χ4v) is 2.96. The van der Waals surface area contributed by atoms with E-state index < -0.39 is 0 Å². The molecule has 0 spiro atoms. The number of nitrogens with one attached hydrogen (secondary N) is 2. The van der Waals surface area contributed by atoms with E-state index in [0.717, 1.165) is 5.00 Å². The zero-order valence-electron chi connectivity index (χ0n) is 14.1. The van der Waals surface area contributed by atoms with Crippen LogP contribution in [0.1, 0.15) is 0 Å². The maximum Gasteiger partial charge on any atom is 0.324 e. The number of thiophene rings is 1. The Morgan fingerprint density at radius 3 is 2.41 bits per heavy atom. The zero-order valence-corrected chi connectivity index (χ0v) is 14.9. The van der Waals surface area contributed by atoms with Crippen LogP contribution in [0.3, 0.4) is 0 Å². The Kier molecular flexibility index (Phi) is 4.80. The van der Waals surface area contributed by atoms with E-state index in [1.165, 1.54) is 11.3 Å². The third kappa shape index (κ3) is 4.31. The summed E-state index contributed by atoms with van der Waals surface area (Å²) in [6, 6.07) is 17.9. The summed E-state index contributed by atoms with van der Waals surface area (Å²) in [6.45, 7) is 0. The van der Waals surface area contributed by atoms with Crippen molar-refractivity contribution >= 4 is 28.1 Å². The van der Waals surface area contributed by atoms with Gasteiger partial charge in [0, 0.05) is 24.1 Å². The highest BCUT2D eigenvalue weighted by atomic mass is 32.1. The minimum absolute atomic E-state index is 0.294. The molecule has 27 heavy (non-hydrogen) atoms. The first-order valence-corrected chi connectivity index (χ1v) is 9.01. The lowest BCUT2D eigenvalue weighted by atomic mass is 10.3. The van der Waals surface area contributed by atoms with E-state index in [0.29, 0.717) is 23.1 Å². The van der Waals surface area contributed by atoms with Gasteiger partial charge in [-0.25, -0.2) is 4.79 Å². The molecule has 0 fully saturated rings. The van der Waals surface area contributed by atoms with Gasteiger partial charge in [-0.15, -0.1) is 21.5 Å². The standard InChI is InChI=1S/C19H15N5O2S/c25-19(21-18-4-3-13-27-18)20-14-5-7-15(8-6-14)26-17-10-9-16(22-23-17)24-11-1-2-12-24/h1-13H,(H2,20,21,25). The van der Waals surface area contributed by atoms with Crippen molar-refractivity contribution in [2.75, 3.05) is 10.6 Å². The third-order valence-electron chi connectivity index (χ3n) is 3.59. The molecule has 0 unspecified atom stereocenters. The molecule has 134 valence electrons. The van der Waals surface area contributed by atoms with E-state index in [-0.39, 0.29) is 6.03 Å². The molecular weight excluding hydrogens is 362 g/mol. The van der Waals surface area contributed by atoms with Gasteiger partial charge in [0.25, 0.3) is 0 Å².